The molecular formula is C25H24N2O4. The molecule has 4 aromatic rings. The maximum absolute atomic E-state index is 12.4. The first-order chi connectivity index (χ1) is 15.0. The molecule has 2 heterocycles. The van der Waals surface area contributed by atoms with E-state index in [0.29, 0.717) is 30.4 Å². The molecule has 6 heteroatoms. The maximum Gasteiger partial charge on any atom is 0.251 e. The molecule has 0 bridgehead atoms. The van der Waals surface area contributed by atoms with Crippen LogP contribution in [0.1, 0.15) is 38.9 Å². The quantitative estimate of drug-likeness (QED) is 0.438. The second-order valence-electron chi connectivity index (χ2n) is 7.40. The summed E-state index contributed by atoms with van der Waals surface area (Å²) in [6, 6.07) is 18.7. The Morgan fingerprint density at radius 2 is 1.68 bits per heavy atom. The second-order valence-corrected chi connectivity index (χ2v) is 7.40. The van der Waals surface area contributed by atoms with Gasteiger partial charge in [-0.1, -0.05) is 17.7 Å². The molecule has 0 saturated heterocycles. The second kappa shape index (κ2) is 8.92. The van der Waals surface area contributed by atoms with Crippen molar-refractivity contribution in [2.75, 3.05) is 0 Å². The van der Waals surface area contributed by atoms with Crippen LogP contribution in [0.3, 0.4) is 0 Å². The minimum Gasteiger partial charge on any atom is -0.487 e. The molecule has 1 N–H and O–H groups in total. The number of carbonyl (C=O) groups is 1. The van der Waals surface area contributed by atoms with Gasteiger partial charge in [0.2, 0.25) is 5.89 Å². The molecule has 0 saturated carbocycles. The number of hydrogen-bond acceptors (Lipinski definition) is 5. The van der Waals surface area contributed by atoms with E-state index in [1.165, 1.54) is 5.56 Å². The molecule has 0 aliphatic carbocycles. The van der Waals surface area contributed by atoms with Gasteiger partial charge in [0, 0.05) is 11.1 Å². The van der Waals surface area contributed by atoms with Crippen molar-refractivity contribution < 1.29 is 18.4 Å². The van der Waals surface area contributed by atoms with E-state index in [1.54, 1.807) is 12.1 Å². The van der Waals surface area contributed by atoms with Gasteiger partial charge in [-0.05, 0) is 69.3 Å². The monoisotopic (exact) mass is 416 g/mol. The molecule has 158 valence electrons. The van der Waals surface area contributed by atoms with E-state index in [1.807, 2.05) is 69.3 Å². The summed E-state index contributed by atoms with van der Waals surface area (Å²) in [6.45, 7) is 6.44. The van der Waals surface area contributed by atoms with Gasteiger partial charge in [0.1, 0.15) is 35.3 Å². The fourth-order valence-electron chi connectivity index (χ4n) is 3.09. The van der Waals surface area contributed by atoms with E-state index in [-0.39, 0.29) is 5.91 Å². The Balaban J connectivity index is 1.38. The van der Waals surface area contributed by atoms with Crippen molar-refractivity contribution in [3.05, 3.63) is 94.8 Å². The van der Waals surface area contributed by atoms with Crippen LogP contribution in [0.4, 0.5) is 0 Å². The van der Waals surface area contributed by atoms with Gasteiger partial charge < -0.3 is 18.9 Å². The van der Waals surface area contributed by atoms with Gasteiger partial charge >= 0.3 is 0 Å². The van der Waals surface area contributed by atoms with Gasteiger partial charge in [-0.3, -0.25) is 4.79 Å². The SMILES string of the molecule is Cc1ccc(OCc2nc(-c3ccc(C(=O)NCc4ccc(C)o4)cc3)oc2C)cc1. The van der Waals surface area contributed by atoms with Crippen molar-refractivity contribution in [3.8, 4) is 17.2 Å². The molecule has 0 aliphatic rings. The van der Waals surface area contributed by atoms with Gasteiger partial charge in [-0.2, -0.15) is 0 Å². The van der Waals surface area contributed by atoms with E-state index in [0.717, 1.165) is 28.5 Å². The Morgan fingerprint density at radius 3 is 2.35 bits per heavy atom. The van der Waals surface area contributed by atoms with Crippen LogP contribution in [0, 0.1) is 20.8 Å². The zero-order valence-corrected chi connectivity index (χ0v) is 17.8. The van der Waals surface area contributed by atoms with Crippen molar-refractivity contribution >= 4 is 5.91 Å². The highest BCUT2D eigenvalue weighted by molar-refractivity contribution is 5.94. The molecule has 0 radical (unpaired) electrons. The minimum atomic E-state index is -0.170. The highest BCUT2D eigenvalue weighted by Gasteiger charge is 2.13. The van der Waals surface area contributed by atoms with Crippen LogP contribution in [-0.4, -0.2) is 10.9 Å². The first-order valence-electron chi connectivity index (χ1n) is 10.1. The molecule has 2 aromatic carbocycles. The van der Waals surface area contributed by atoms with Gasteiger partial charge in [-0.25, -0.2) is 4.98 Å². The minimum absolute atomic E-state index is 0.170. The molecule has 0 unspecified atom stereocenters. The average molecular weight is 416 g/mol. The molecule has 0 aliphatic heterocycles. The normalized spacial score (nSPS) is 10.8. The van der Waals surface area contributed by atoms with E-state index in [4.69, 9.17) is 13.6 Å². The van der Waals surface area contributed by atoms with Gasteiger partial charge in [0.15, 0.2) is 0 Å². The zero-order valence-electron chi connectivity index (χ0n) is 17.8. The Morgan fingerprint density at radius 1 is 0.935 bits per heavy atom. The topological polar surface area (TPSA) is 77.5 Å². The summed E-state index contributed by atoms with van der Waals surface area (Å²) >= 11 is 0. The number of rotatable bonds is 7. The number of aryl methyl sites for hydroxylation is 3. The predicted octanol–water partition coefficient (Wildman–Crippen LogP) is 5.37. The molecule has 0 fully saturated rings. The lowest BCUT2D eigenvalue weighted by atomic mass is 10.1. The molecule has 6 nitrogen and oxygen atoms in total. The smallest absolute Gasteiger partial charge is 0.251 e. The lowest BCUT2D eigenvalue weighted by Crippen LogP contribution is -2.22. The largest absolute Gasteiger partial charge is 0.487 e. The van der Waals surface area contributed by atoms with Crippen molar-refractivity contribution in [3.63, 3.8) is 0 Å². The summed E-state index contributed by atoms with van der Waals surface area (Å²) in [5, 5.41) is 2.85. The average Bonchev–Trinajstić information content (AvgIpc) is 3.37. The van der Waals surface area contributed by atoms with E-state index < -0.39 is 0 Å². The number of ether oxygens (including phenoxy) is 1. The molecule has 1 amide bonds. The summed E-state index contributed by atoms with van der Waals surface area (Å²) < 4.78 is 17.1. The lowest BCUT2D eigenvalue weighted by Gasteiger charge is -2.04. The number of furan rings is 1. The van der Waals surface area contributed by atoms with Crippen LogP contribution in [0.15, 0.2) is 69.5 Å². The summed E-state index contributed by atoms with van der Waals surface area (Å²) in [5.74, 6) is 3.36. The fourth-order valence-corrected chi connectivity index (χ4v) is 3.09. The third kappa shape index (κ3) is 5.04. The number of aromatic nitrogens is 1. The Hall–Kier alpha value is -3.80. The fraction of sp³-hybridized carbons (Fsp3) is 0.200. The summed E-state index contributed by atoms with van der Waals surface area (Å²) in [6.07, 6.45) is 0. The van der Waals surface area contributed by atoms with Crippen molar-refractivity contribution in [1.82, 2.24) is 10.3 Å². The van der Waals surface area contributed by atoms with Crippen LogP contribution >= 0.6 is 0 Å². The van der Waals surface area contributed by atoms with Crippen molar-refractivity contribution in [1.29, 1.82) is 0 Å². The van der Waals surface area contributed by atoms with Crippen LogP contribution < -0.4 is 10.1 Å². The van der Waals surface area contributed by atoms with Crippen molar-refractivity contribution in [2.24, 2.45) is 0 Å². The predicted molar refractivity (Wildman–Crippen MR) is 117 cm³/mol. The van der Waals surface area contributed by atoms with Crippen molar-refractivity contribution in [2.45, 2.75) is 33.9 Å². The number of carbonyl (C=O) groups excluding carboxylic acids is 1. The number of nitrogens with zero attached hydrogens (tertiary/aromatic N) is 1. The zero-order chi connectivity index (χ0) is 21.8. The van der Waals surface area contributed by atoms with Gasteiger partial charge in [-0.15, -0.1) is 0 Å². The van der Waals surface area contributed by atoms with Crippen LogP contribution in [0.2, 0.25) is 0 Å². The molecule has 0 spiro atoms. The lowest BCUT2D eigenvalue weighted by molar-refractivity contribution is 0.0948. The first-order valence-corrected chi connectivity index (χ1v) is 10.1. The Labute approximate surface area is 180 Å². The van der Waals surface area contributed by atoms with E-state index in [2.05, 4.69) is 10.3 Å². The molecular weight excluding hydrogens is 392 g/mol. The molecule has 4 rings (SSSR count). The number of benzene rings is 2. The third-order valence-electron chi connectivity index (χ3n) is 4.90. The van der Waals surface area contributed by atoms with Gasteiger partial charge in [0.25, 0.3) is 5.91 Å². The number of amides is 1. The standard InChI is InChI=1S/C25H24N2O4/c1-16-4-11-21(12-5-16)29-15-23-18(3)31-25(27-23)20-9-7-19(8-10-20)24(28)26-14-22-13-6-17(2)30-22/h4-13H,14-15H2,1-3H3,(H,26,28). The Bertz CT molecular complexity index is 1170. The first kappa shape index (κ1) is 20.5. The summed E-state index contributed by atoms with van der Waals surface area (Å²) in [5.41, 5.74) is 3.27. The van der Waals surface area contributed by atoms with Crippen LogP contribution in [0.5, 0.6) is 5.75 Å². The molecule has 31 heavy (non-hydrogen) atoms. The van der Waals surface area contributed by atoms with Gasteiger partial charge in [0.05, 0.1) is 6.54 Å². The number of hydrogen-bond donors (Lipinski definition) is 1. The summed E-state index contributed by atoms with van der Waals surface area (Å²) in [7, 11) is 0. The van der Waals surface area contributed by atoms with Crippen LogP contribution in [0.25, 0.3) is 11.5 Å². The molecule has 0 atom stereocenters. The Kier molecular flexibility index (Phi) is 5.89. The maximum atomic E-state index is 12.4. The van der Waals surface area contributed by atoms with E-state index in [9.17, 15) is 4.79 Å². The van der Waals surface area contributed by atoms with Crippen LogP contribution in [-0.2, 0) is 13.2 Å². The van der Waals surface area contributed by atoms with E-state index >= 15 is 0 Å². The highest BCUT2D eigenvalue weighted by Crippen LogP contribution is 2.23. The summed E-state index contributed by atoms with van der Waals surface area (Å²) in [4.78, 5) is 16.9. The number of oxazole rings is 1. The third-order valence-corrected chi connectivity index (χ3v) is 4.90. The highest BCUT2D eigenvalue weighted by atomic mass is 16.5. The molecule has 2 aromatic heterocycles. The number of nitrogens with one attached hydrogen (secondary N) is 1.